The van der Waals surface area contributed by atoms with E-state index in [0.717, 1.165) is 25.7 Å². The number of rotatable bonds is 6. The van der Waals surface area contributed by atoms with Gasteiger partial charge in [0, 0.05) is 31.7 Å². The van der Waals surface area contributed by atoms with Gasteiger partial charge in [-0.1, -0.05) is 24.3 Å². The van der Waals surface area contributed by atoms with Crippen molar-refractivity contribution in [1.29, 1.82) is 0 Å². The van der Waals surface area contributed by atoms with Crippen LogP contribution in [0.25, 0.3) is 0 Å². The van der Waals surface area contributed by atoms with E-state index in [1.165, 1.54) is 31.5 Å². The van der Waals surface area contributed by atoms with Crippen LogP contribution in [0, 0.1) is 5.92 Å². The van der Waals surface area contributed by atoms with E-state index < -0.39 is 0 Å². The summed E-state index contributed by atoms with van der Waals surface area (Å²) in [4.78, 5) is 17.4. The van der Waals surface area contributed by atoms with E-state index in [4.69, 9.17) is 5.73 Å². The molecule has 1 aliphatic heterocycles. The Bertz CT molecular complexity index is 770. The van der Waals surface area contributed by atoms with E-state index >= 15 is 0 Å². The zero-order valence-electron chi connectivity index (χ0n) is 15.0. The minimum atomic E-state index is -0.133. The maximum atomic E-state index is 12.4. The van der Waals surface area contributed by atoms with Crippen molar-refractivity contribution in [2.45, 2.75) is 19.4 Å². The summed E-state index contributed by atoms with van der Waals surface area (Å²) >= 11 is 0. The number of nitrogen functional groups attached to an aromatic ring is 1. The van der Waals surface area contributed by atoms with Crippen molar-refractivity contribution in [3.8, 4) is 0 Å². The van der Waals surface area contributed by atoms with Gasteiger partial charge in [0.15, 0.2) is 0 Å². The van der Waals surface area contributed by atoms with Gasteiger partial charge in [0.25, 0.3) is 5.91 Å². The van der Waals surface area contributed by atoms with Gasteiger partial charge in [-0.05, 0) is 48.6 Å². The number of carbonyl (C=O) groups is 1. The highest BCUT2D eigenvalue weighted by molar-refractivity contribution is 6.05. The Morgan fingerprint density at radius 2 is 1.77 bits per heavy atom. The monoisotopic (exact) mass is 350 g/mol. The van der Waals surface area contributed by atoms with Gasteiger partial charge < -0.3 is 11.1 Å². The van der Waals surface area contributed by atoms with Crippen molar-refractivity contribution >= 4 is 17.3 Å². The fourth-order valence-corrected chi connectivity index (χ4v) is 3.48. The molecule has 2 aliphatic rings. The fourth-order valence-electron chi connectivity index (χ4n) is 3.48. The zero-order chi connectivity index (χ0) is 17.9. The molecule has 1 aliphatic carbocycles. The zero-order valence-corrected chi connectivity index (χ0v) is 15.0. The molecule has 5 nitrogen and oxygen atoms in total. The molecule has 1 saturated carbocycles. The lowest BCUT2D eigenvalue weighted by Gasteiger charge is -2.18. The molecule has 0 spiro atoms. The molecule has 2 aromatic carbocycles. The first-order valence-corrected chi connectivity index (χ1v) is 9.37. The number of hydrogen-bond acceptors (Lipinski definition) is 4. The maximum Gasteiger partial charge on any atom is 0.255 e. The molecular weight excluding hydrogens is 324 g/mol. The SMILES string of the molecule is Nc1ccccc1NC(=O)c1ccc(CN2CCN(CC3CC3)C2)cc1. The average molecular weight is 350 g/mol. The van der Waals surface area contributed by atoms with Crippen molar-refractivity contribution < 1.29 is 4.79 Å². The number of nitrogens with one attached hydrogen (secondary N) is 1. The molecular formula is C21H26N4O. The molecule has 26 heavy (non-hydrogen) atoms. The fraction of sp³-hybridized carbons (Fsp3) is 0.381. The van der Waals surface area contributed by atoms with Crippen LogP contribution in [0.3, 0.4) is 0 Å². The number of nitrogens with zero attached hydrogens (tertiary/aromatic N) is 2. The van der Waals surface area contributed by atoms with Crippen LogP contribution in [0.4, 0.5) is 11.4 Å². The normalized spacial score (nSPS) is 18.2. The first kappa shape index (κ1) is 17.1. The first-order chi connectivity index (χ1) is 12.7. The van der Waals surface area contributed by atoms with E-state index in [-0.39, 0.29) is 5.91 Å². The highest BCUT2D eigenvalue weighted by Crippen LogP contribution is 2.30. The van der Waals surface area contributed by atoms with E-state index in [0.29, 0.717) is 16.9 Å². The molecule has 0 atom stereocenters. The van der Waals surface area contributed by atoms with E-state index in [9.17, 15) is 4.79 Å². The summed E-state index contributed by atoms with van der Waals surface area (Å²) in [7, 11) is 0. The third kappa shape index (κ3) is 4.23. The summed E-state index contributed by atoms with van der Waals surface area (Å²) in [5.41, 5.74) is 8.99. The van der Waals surface area contributed by atoms with Gasteiger partial charge in [-0.15, -0.1) is 0 Å². The lowest BCUT2D eigenvalue weighted by molar-refractivity contribution is 0.102. The minimum Gasteiger partial charge on any atom is -0.397 e. The molecule has 4 rings (SSSR count). The number of hydrogen-bond donors (Lipinski definition) is 2. The Morgan fingerprint density at radius 1 is 1.04 bits per heavy atom. The molecule has 2 fully saturated rings. The Morgan fingerprint density at radius 3 is 2.50 bits per heavy atom. The van der Waals surface area contributed by atoms with Crippen molar-refractivity contribution in [3.63, 3.8) is 0 Å². The standard InChI is InChI=1S/C21H26N4O/c22-19-3-1-2-4-20(19)23-21(26)18-9-7-17(8-10-18)14-25-12-11-24(15-25)13-16-5-6-16/h1-4,7-10,16H,5-6,11-15,22H2,(H,23,26). The summed E-state index contributed by atoms with van der Waals surface area (Å²) in [6.45, 7) is 5.57. The summed E-state index contributed by atoms with van der Waals surface area (Å²) in [6, 6.07) is 15.2. The Hall–Kier alpha value is -2.37. The van der Waals surface area contributed by atoms with Gasteiger partial charge >= 0.3 is 0 Å². The minimum absolute atomic E-state index is 0.133. The predicted molar refractivity (Wildman–Crippen MR) is 105 cm³/mol. The number of carbonyl (C=O) groups excluding carboxylic acids is 1. The van der Waals surface area contributed by atoms with Gasteiger partial charge in [-0.2, -0.15) is 0 Å². The summed E-state index contributed by atoms with van der Waals surface area (Å²) < 4.78 is 0. The third-order valence-electron chi connectivity index (χ3n) is 5.18. The summed E-state index contributed by atoms with van der Waals surface area (Å²) in [5, 5.41) is 2.87. The number of para-hydroxylation sites is 2. The Labute approximate surface area is 154 Å². The molecule has 0 bridgehead atoms. The number of benzene rings is 2. The van der Waals surface area contributed by atoms with E-state index in [2.05, 4.69) is 15.1 Å². The highest BCUT2D eigenvalue weighted by atomic mass is 16.1. The lowest BCUT2D eigenvalue weighted by atomic mass is 10.1. The van der Waals surface area contributed by atoms with Crippen LogP contribution < -0.4 is 11.1 Å². The lowest BCUT2D eigenvalue weighted by Crippen LogP contribution is -2.26. The van der Waals surface area contributed by atoms with Gasteiger partial charge in [0.2, 0.25) is 0 Å². The van der Waals surface area contributed by atoms with Gasteiger partial charge in [-0.3, -0.25) is 14.6 Å². The highest BCUT2D eigenvalue weighted by Gasteiger charge is 2.28. The number of nitrogens with two attached hydrogens (primary N) is 1. The van der Waals surface area contributed by atoms with Gasteiger partial charge in [0.1, 0.15) is 0 Å². The average Bonchev–Trinajstić information content (AvgIpc) is 3.35. The van der Waals surface area contributed by atoms with E-state index in [1.807, 2.05) is 42.5 Å². The molecule has 1 heterocycles. The van der Waals surface area contributed by atoms with Crippen LogP contribution in [-0.2, 0) is 6.54 Å². The second kappa shape index (κ2) is 7.48. The van der Waals surface area contributed by atoms with Crippen molar-refractivity contribution in [2.24, 2.45) is 5.92 Å². The van der Waals surface area contributed by atoms with Crippen LogP contribution in [-0.4, -0.2) is 42.0 Å². The molecule has 0 radical (unpaired) electrons. The topological polar surface area (TPSA) is 61.6 Å². The smallest absolute Gasteiger partial charge is 0.255 e. The molecule has 0 unspecified atom stereocenters. The molecule has 5 heteroatoms. The van der Waals surface area contributed by atoms with Gasteiger partial charge in [0.05, 0.1) is 18.0 Å². The largest absolute Gasteiger partial charge is 0.397 e. The van der Waals surface area contributed by atoms with Crippen LogP contribution in [0.15, 0.2) is 48.5 Å². The molecule has 0 aromatic heterocycles. The first-order valence-electron chi connectivity index (χ1n) is 9.37. The molecule has 1 saturated heterocycles. The van der Waals surface area contributed by atoms with Crippen LogP contribution in [0.1, 0.15) is 28.8 Å². The summed E-state index contributed by atoms with van der Waals surface area (Å²) in [5.74, 6) is 0.817. The number of amides is 1. The predicted octanol–water partition coefficient (Wildman–Crippen LogP) is 3.01. The molecule has 2 aromatic rings. The third-order valence-corrected chi connectivity index (χ3v) is 5.18. The van der Waals surface area contributed by atoms with Crippen LogP contribution >= 0.6 is 0 Å². The maximum absolute atomic E-state index is 12.4. The van der Waals surface area contributed by atoms with Crippen molar-refractivity contribution in [1.82, 2.24) is 9.80 Å². The number of anilines is 2. The van der Waals surface area contributed by atoms with Crippen LogP contribution in [0.2, 0.25) is 0 Å². The Kier molecular flexibility index (Phi) is 4.91. The Balaban J connectivity index is 1.31. The van der Waals surface area contributed by atoms with Crippen molar-refractivity contribution in [3.05, 3.63) is 59.7 Å². The molecule has 1 amide bonds. The second-order valence-electron chi connectivity index (χ2n) is 7.45. The van der Waals surface area contributed by atoms with Crippen molar-refractivity contribution in [2.75, 3.05) is 37.4 Å². The second-order valence-corrected chi connectivity index (χ2v) is 7.45. The molecule has 3 N–H and O–H groups in total. The van der Waals surface area contributed by atoms with E-state index in [1.54, 1.807) is 6.07 Å². The van der Waals surface area contributed by atoms with Gasteiger partial charge in [-0.25, -0.2) is 0 Å². The molecule has 136 valence electrons. The summed E-state index contributed by atoms with van der Waals surface area (Å²) in [6.07, 6.45) is 2.82. The quantitative estimate of drug-likeness (QED) is 0.786. The van der Waals surface area contributed by atoms with Crippen LogP contribution in [0.5, 0.6) is 0 Å².